The van der Waals surface area contributed by atoms with Crippen molar-refractivity contribution in [1.82, 2.24) is 9.88 Å². The quantitative estimate of drug-likeness (QED) is 0.676. The van der Waals surface area contributed by atoms with Crippen molar-refractivity contribution in [2.24, 2.45) is 5.41 Å². The molecule has 0 amide bonds. The van der Waals surface area contributed by atoms with Gasteiger partial charge < -0.3 is 14.4 Å². The van der Waals surface area contributed by atoms with E-state index in [1.54, 1.807) is 12.3 Å². The molecule has 164 valence electrons. The molecule has 2 aliphatic carbocycles. The van der Waals surface area contributed by atoms with Gasteiger partial charge in [0.15, 0.2) is 0 Å². The van der Waals surface area contributed by atoms with Gasteiger partial charge in [-0.3, -0.25) is 4.98 Å². The number of hydrogen-bond donors (Lipinski definition) is 0. The summed E-state index contributed by atoms with van der Waals surface area (Å²) in [6.07, 6.45) is 5.10. The molecule has 1 aromatic heterocycles. The van der Waals surface area contributed by atoms with E-state index in [0.29, 0.717) is 24.4 Å². The van der Waals surface area contributed by atoms with Gasteiger partial charge in [-0.15, -0.1) is 0 Å². The smallest absolute Gasteiger partial charge is 0.395 e. The summed E-state index contributed by atoms with van der Waals surface area (Å²) in [7, 11) is 0. The molecule has 0 unspecified atom stereocenters. The molecule has 0 radical (unpaired) electrons. The number of nitrogens with zero attached hydrogens (tertiary/aromatic N) is 3. The van der Waals surface area contributed by atoms with Crippen LogP contribution in [-0.4, -0.2) is 54.0 Å². The zero-order valence-corrected chi connectivity index (χ0v) is 17.0. The summed E-state index contributed by atoms with van der Waals surface area (Å²) in [6.45, 7) is 1.51. The average Bonchev–Trinajstić information content (AvgIpc) is 3.52. The molecule has 0 spiro atoms. The molecule has 2 heterocycles. The molecular formula is C22H28F3N3O2. The highest BCUT2D eigenvalue weighted by Crippen LogP contribution is 2.58. The molecule has 0 N–H and O–H groups in total. The van der Waals surface area contributed by atoms with Crippen LogP contribution in [0, 0.1) is 16.7 Å². The van der Waals surface area contributed by atoms with Crippen LogP contribution in [0.2, 0.25) is 0 Å². The normalized spacial score (nSPS) is 27.4. The lowest BCUT2D eigenvalue weighted by atomic mass is 9.94. The molecule has 3 aliphatic rings. The van der Waals surface area contributed by atoms with Gasteiger partial charge in [-0.1, -0.05) is 0 Å². The van der Waals surface area contributed by atoms with Crippen LogP contribution in [0.3, 0.4) is 0 Å². The minimum Gasteiger partial charge on any atom is -0.489 e. The van der Waals surface area contributed by atoms with Crippen LogP contribution in [0.5, 0.6) is 5.75 Å². The molecule has 4 rings (SSSR count). The van der Waals surface area contributed by atoms with Crippen molar-refractivity contribution >= 4 is 0 Å². The molecular weight excluding hydrogens is 395 g/mol. The van der Waals surface area contributed by atoms with E-state index in [1.807, 2.05) is 4.90 Å². The fourth-order valence-electron chi connectivity index (χ4n) is 4.62. The zero-order chi connectivity index (χ0) is 21.2. The number of likely N-dealkylation sites (tertiary alicyclic amines) is 1. The monoisotopic (exact) mass is 423 g/mol. The number of pyridine rings is 1. The number of aromatic nitrogens is 1. The Bertz CT molecular complexity index is 760. The SMILES string of the molecule is N#Cc1cnccc1O[C@H]1CC[C@H](OC2CCN(CC3(C(F)(F)F)CC3)CC2)CC1. The number of hydrogen-bond acceptors (Lipinski definition) is 5. The fraction of sp³-hybridized carbons (Fsp3) is 0.727. The van der Waals surface area contributed by atoms with Gasteiger partial charge in [0.1, 0.15) is 17.4 Å². The summed E-state index contributed by atoms with van der Waals surface area (Å²) in [6, 6.07) is 3.82. The van der Waals surface area contributed by atoms with Gasteiger partial charge in [0, 0.05) is 32.0 Å². The van der Waals surface area contributed by atoms with Gasteiger partial charge in [-0.25, -0.2) is 0 Å². The molecule has 1 aliphatic heterocycles. The topological polar surface area (TPSA) is 58.4 Å². The molecule has 1 aromatic rings. The molecule has 3 fully saturated rings. The number of piperidine rings is 1. The van der Waals surface area contributed by atoms with Crippen LogP contribution in [0.4, 0.5) is 13.2 Å². The minimum absolute atomic E-state index is 0.0679. The van der Waals surface area contributed by atoms with Crippen molar-refractivity contribution in [1.29, 1.82) is 5.26 Å². The van der Waals surface area contributed by atoms with Crippen LogP contribution in [0.25, 0.3) is 0 Å². The zero-order valence-electron chi connectivity index (χ0n) is 17.0. The highest BCUT2D eigenvalue weighted by atomic mass is 19.4. The first kappa shape index (κ1) is 21.4. The number of halogens is 3. The van der Waals surface area contributed by atoms with Crippen molar-refractivity contribution in [3.05, 3.63) is 24.0 Å². The number of ether oxygens (including phenoxy) is 2. The first-order valence-electron chi connectivity index (χ1n) is 10.8. The van der Waals surface area contributed by atoms with Crippen LogP contribution < -0.4 is 4.74 Å². The average molecular weight is 423 g/mol. The van der Waals surface area contributed by atoms with Gasteiger partial charge in [0.2, 0.25) is 0 Å². The van der Waals surface area contributed by atoms with Gasteiger partial charge in [0.25, 0.3) is 0 Å². The molecule has 8 heteroatoms. The molecule has 2 saturated carbocycles. The maximum Gasteiger partial charge on any atom is 0.395 e. The maximum absolute atomic E-state index is 13.2. The Morgan fingerprint density at radius 1 is 1.07 bits per heavy atom. The van der Waals surface area contributed by atoms with E-state index in [1.165, 1.54) is 6.20 Å². The standard InChI is InChI=1S/C22H28F3N3O2/c23-22(24,25)21(8-9-21)15-28-11-6-19(7-12-28)29-17-1-3-18(4-2-17)30-20-5-10-27-14-16(20)13-26/h5,10,14,17-19H,1-4,6-9,11-12,15H2/t17-,18-. The second-order valence-electron chi connectivity index (χ2n) is 8.89. The Labute approximate surface area is 175 Å². The second kappa shape index (κ2) is 8.72. The second-order valence-corrected chi connectivity index (χ2v) is 8.89. The van der Waals surface area contributed by atoms with Crippen molar-refractivity contribution < 1.29 is 22.6 Å². The van der Waals surface area contributed by atoms with E-state index in [9.17, 15) is 13.2 Å². The Balaban J connectivity index is 1.17. The Hall–Kier alpha value is -1.85. The lowest BCUT2D eigenvalue weighted by Gasteiger charge is -2.37. The van der Waals surface area contributed by atoms with Gasteiger partial charge in [-0.2, -0.15) is 18.4 Å². The molecule has 5 nitrogen and oxygen atoms in total. The molecule has 1 saturated heterocycles. The summed E-state index contributed by atoms with van der Waals surface area (Å²) in [5, 5.41) is 9.15. The van der Waals surface area contributed by atoms with Crippen LogP contribution in [0.15, 0.2) is 18.5 Å². The lowest BCUT2D eigenvalue weighted by Crippen LogP contribution is -2.44. The molecule has 0 aromatic carbocycles. The van der Waals surface area contributed by atoms with Gasteiger partial charge in [-0.05, 0) is 57.4 Å². The van der Waals surface area contributed by atoms with Crippen LogP contribution in [0.1, 0.15) is 56.9 Å². The van der Waals surface area contributed by atoms with Crippen molar-refractivity contribution in [2.75, 3.05) is 19.6 Å². The molecule has 0 atom stereocenters. The first-order chi connectivity index (χ1) is 14.4. The summed E-state index contributed by atoms with van der Waals surface area (Å²) in [5.74, 6) is 0.580. The Morgan fingerprint density at radius 2 is 1.70 bits per heavy atom. The summed E-state index contributed by atoms with van der Waals surface area (Å²) >= 11 is 0. The summed E-state index contributed by atoms with van der Waals surface area (Å²) < 4.78 is 51.8. The molecule has 30 heavy (non-hydrogen) atoms. The summed E-state index contributed by atoms with van der Waals surface area (Å²) in [4.78, 5) is 5.91. The van der Waals surface area contributed by atoms with Gasteiger partial charge >= 0.3 is 6.18 Å². The van der Waals surface area contributed by atoms with E-state index in [4.69, 9.17) is 14.7 Å². The van der Waals surface area contributed by atoms with Crippen molar-refractivity contribution in [2.45, 2.75) is 75.9 Å². The maximum atomic E-state index is 13.2. The highest BCUT2D eigenvalue weighted by molar-refractivity contribution is 5.40. The predicted octanol–water partition coefficient (Wildman–Crippen LogP) is 4.47. The fourth-order valence-corrected chi connectivity index (χ4v) is 4.62. The van der Waals surface area contributed by atoms with Crippen molar-refractivity contribution in [3.8, 4) is 11.8 Å². The third kappa shape index (κ3) is 4.89. The lowest BCUT2D eigenvalue weighted by molar-refractivity contribution is -0.193. The number of rotatable bonds is 6. The Morgan fingerprint density at radius 3 is 2.30 bits per heavy atom. The number of nitriles is 1. The molecule has 0 bridgehead atoms. The Kier molecular flexibility index (Phi) is 6.21. The third-order valence-corrected chi connectivity index (χ3v) is 6.72. The third-order valence-electron chi connectivity index (χ3n) is 6.72. The van der Waals surface area contributed by atoms with Crippen LogP contribution in [-0.2, 0) is 4.74 Å². The number of alkyl halides is 3. The van der Waals surface area contributed by atoms with Gasteiger partial charge in [0.05, 0.1) is 23.7 Å². The van der Waals surface area contributed by atoms with E-state index in [0.717, 1.165) is 38.5 Å². The van der Waals surface area contributed by atoms with Crippen LogP contribution >= 0.6 is 0 Å². The van der Waals surface area contributed by atoms with Crippen molar-refractivity contribution in [3.63, 3.8) is 0 Å². The highest BCUT2D eigenvalue weighted by Gasteiger charge is 2.63. The van der Waals surface area contributed by atoms with E-state index in [-0.39, 0.29) is 37.7 Å². The minimum atomic E-state index is -4.08. The first-order valence-corrected chi connectivity index (χ1v) is 10.8. The van der Waals surface area contributed by atoms with E-state index < -0.39 is 11.6 Å². The summed E-state index contributed by atoms with van der Waals surface area (Å²) in [5.41, 5.74) is -1.000. The predicted molar refractivity (Wildman–Crippen MR) is 104 cm³/mol. The largest absolute Gasteiger partial charge is 0.489 e. The van der Waals surface area contributed by atoms with E-state index in [2.05, 4.69) is 11.1 Å². The van der Waals surface area contributed by atoms with E-state index >= 15 is 0 Å².